The molecule has 0 saturated heterocycles. The average Bonchev–Trinajstić information content (AvgIpc) is 3.47. The third kappa shape index (κ3) is 2.99. The number of hydrogen-bond donors (Lipinski definition) is 0. The Labute approximate surface area is 159 Å². The molecular formula is C23H24N4. The maximum Gasteiger partial charge on any atom is 0.113 e. The molecule has 1 aromatic carbocycles. The molecule has 1 saturated carbocycles. The van der Waals surface area contributed by atoms with Crippen molar-refractivity contribution in [2.24, 2.45) is 0 Å². The van der Waals surface area contributed by atoms with Crippen molar-refractivity contribution in [3.63, 3.8) is 0 Å². The molecule has 136 valence electrons. The van der Waals surface area contributed by atoms with E-state index < -0.39 is 0 Å². The Bertz CT molecular complexity index is 1050. The first kappa shape index (κ1) is 16.4. The van der Waals surface area contributed by atoms with Crippen LogP contribution < -0.4 is 0 Å². The summed E-state index contributed by atoms with van der Waals surface area (Å²) >= 11 is 0. The molecule has 4 heteroatoms. The number of aryl methyl sites for hydroxylation is 1. The molecule has 5 rings (SSSR count). The van der Waals surface area contributed by atoms with Crippen molar-refractivity contribution in [3.05, 3.63) is 65.5 Å². The minimum absolute atomic E-state index is 0.527. The van der Waals surface area contributed by atoms with Crippen LogP contribution in [0.25, 0.3) is 22.2 Å². The van der Waals surface area contributed by atoms with E-state index in [2.05, 4.69) is 69.4 Å². The van der Waals surface area contributed by atoms with E-state index in [1.165, 1.54) is 53.5 Å². The molecule has 0 unspecified atom stereocenters. The van der Waals surface area contributed by atoms with Crippen molar-refractivity contribution in [2.75, 3.05) is 0 Å². The summed E-state index contributed by atoms with van der Waals surface area (Å²) in [6, 6.07) is 11.4. The molecule has 2 heterocycles. The molecule has 0 aliphatic heterocycles. The Hall–Kier alpha value is -2.75. The zero-order valence-electron chi connectivity index (χ0n) is 15.7. The van der Waals surface area contributed by atoms with Gasteiger partial charge in [0, 0.05) is 11.9 Å². The second-order valence-electron chi connectivity index (χ2n) is 7.60. The van der Waals surface area contributed by atoms with Crippen LogP contribution in [0.1, 0.15) is 61.9 Å². The Morgan fingerprint density at radius 1 is 1.07 bits per heavy atom. The lowest BCUT2D eigenvalue weighted by Gasteiger charge is -2.10. The van der Waals surface area contributed by atoms with Crippen molar-refractivity contribution in [1.82, 2.24) is 20.0 Å². The minimum atomic E-state index is 0.527. The molecule has 2 aromatic heterocycles. The molecule has 0 atom stereocenters. The number of allylic oxidation sites excluding steroid dienone is 4. The fourth-order valence-electron chi connectivity index (χ4n) is 4.34. The van der Waals surface area contributed by atoms with Gasteiger partial charge in [0.25, 0.3) is 0 Å². The number of fused-ring (bicyclic) bond motifs is 1. The van der Waals surface area contributed by atoms with Crippen LogP contribution in [0.15, 0.2) is 48.7 Å². The molecule has 4 nitrogen and oxygen atoms in total. The fourth-order valence-corrected chi connectivity index (χ4v) is 4.34. The molecule has 0 bridgehead atoms. The van der Waals surface area contributed by atoms with Crippen LogP contribution in [-0.4, -0.2) is 20.0 Å². The van der Waals surface area contributed by atoms with E-state index in [4.69, 9.17) is 0 Å². The van der Waals surface area contributed by atoms with E-state index in [1.54, 1.807) is 0 Å². The minimum Gasteiger partial charge on any atom is -0.261 e. The smallest absolute Gasteiger partial charge is 0.113 e. The average molecular weight is 356 g/mol. The highest BCUT2D eigenvalue weighted by Gasteiger charge is 2.20. The molecule has 2 aliphatic carbocycles. The molecule has 27 heavy (non-hydrogen) atoms. The highest BCUT2D eigenvalue weighted by atomic mass is 15.4. The van der Waals surface area contributed by atoms with Crippen LogP contribution in [0.4, 0.5) is 0 Å². The quantitative estimate of drug-likeness (QED) is 0.631. The van der Waals surface area contributed by atoms with Gasteiger partial charge in [0.15, 0.2) is 0 Å². The van der Waals surface area contributed by atoms with Gasteiger partial charge in [0.1, 0.15) is 5.52 Å². The lowest BCUT2D eigenvalue weighted by Crippen LogP contribution is -2.06. The molecule has 1 fully saturated rings. The monoisotopic (exact) mass is 356 g/mol. The van der Waals surface area contributed by atoms with Gasteiger partial charge in [-0.1, -0.05) is 43.2 Å². The van der Waals surface area contributed by atoms with E-state index >= 15 is 0 Å². The third-order valence-electron chi connectivity index (χ3n) is 5.90. The fraction of sp³-hybridized carbons (Fsp3) is 0.348. The van der Waals surface area contributed by atoms with Gasteiger partial charge in [-0.2, -0.15) is 0 Å². The molecule has 2 aliphatic rings. The van der Waals surface area contributed by atoms with Crippen molar-refractivity contribution >= 4 is 22.2 Å². The number of rotatable bonds is 4. The third-order valence-corrected chi connectivity index (χ3v) is 5.90. The highest BCUT2D eigenvalue weighted by molar-refractivity contribution is 5.91. The second-order valence-corrected chi connectivity index (χ2v) is 7.60. The van der Waals surface area contributed by atoms with Crippen LogP contribution in [0, 0.1) is 0 Å². The van der Waals surface area contributed by atoms with Crippen LogP contribution in [0.2, 0.25) is 0 Å². The first-order chi connectivity index (χ1) is 13.3. The summed E-state index contributed by atoms with van der Waals surface area (Å²) in [5.41, 5.74) is 8.45. The van der Waals surface area contributed by atoms with E-state index in [9.17, 15) is 0 Å². The van der Waals surface area contributed by atoms with Crippen LogP contribution >= 0.6 is 0 Å². The number of hydrogen-bond acceptors (Lipinski definition) is 3. The topological polar surface area (TPSA) is 43.6 Å². The van der Waals surface area contributed by atoms with Crippen molar-refractivity contribution in [2.45, 2.75) is 51.5 Å². The standard InChI is InChI=1S/C23H24N4/c1-2-20-14-19(11-12-24-20)17-8-7-16(13-17)18-9-10-23-22(15-18)25-26-27(23)21-5-3-4-6-21/h8-15,21H,2-7H2,1H3. The summed E-state index contributed by atoms with van der Waals surface area (Å²) in [6.07, 6.45) is 13.5. The highest BCUT2D eigenvalue weighted by Crippen LogP contribution is 2.35. The summed E-state index contributed by atoms with van der Waals surface area (Å²) in [5, 5.41) is 8.91. The Kier molecular flexibility index (Phi) is 4.12. The van der Waals surface area contributed by atoms with E-state index in [0.717, 1.165) is 24.1 Å². The first-order valence-electron chi connectivity index (χ1n) is 10.0. The van der Waals surface area contributed by atoms with Gasteiger partial charge < -0.3 is 0 Å². The first-order valence-corrected chi connectivity index (χ1v) is 10.0. The summed E-state index contributed by atoms with van der Waals surface area (Å²) in [4.78, 5) is 4.41. The SMILES string of the molecule is CCc1cc(C2=CCC(c3ccc4c(c3)nnn4C3CCCC3)=C2)ccn1. The Morgan fingerprint density at radius 3 is 2.81 bits per heavy atom. The summed E-state index contributed by atoms with van der Waals surface area (Å²) in [5.74, 6) is 0. The van der Waals surface area contributed by atoms with Gasteiger partial charge >= 0.3 is 0 Å². The molecule has 0 amide bonds. The lowest BCUT2D eigenvalue weighted by atomic mass is 10.0. The molecule has 0 spiro atoms. The predicted octanol–water partition coefficient (Wildman–Crippen LogP) is 5.37. The van der Waals surface area contributed by atoms with E-state index in [-0.39, 0.29) is 0 Å². The second kappa shape index (κ2) is 6.76. The number of pyridine rings is 1. The van der Waals surface area contributed by atoms with Gasteiger partial charge in [-0.25, -0.2) is 4.68 Å². The maximum absolute atomic E-state index is 4.46. The Morgan fingerprint density at radius 2 is 1.96 bits per heavy atom. The van der Waals surface area contributed by atoms with E-state index in [0.29, 0.717) is 6.04 Å². The van der Waals surface area contributed by atoms with E-state index in [1.807, 2.05) is 6.20 Å². The molecule has 0 N–H and O–H groups in total. The summed E-state index contributed by atoms with van der Waals surface area (Å²) in [6.45, 7) is 2.14. The van der Waals surface area contributed by atoms with Crippen molar-refractivity contribution in [1.29, 1.82) is 0 Å². The van der Waals surface area contributed by atoms with Crippen LogP contribution in [0.3, 0.4) is 0 Å². The maximum atomic E-state index is 4.46. The largest absolute Gasteiger partial charge is 0.261 e. The van der Waals surface area contributed by atoms with Crippen molar-refractivity contribution < 1.29 is 0 Å². The van der Waals surface area contributed by atoms with Gasteiger partial charge in [0.2, 0.25) is 0 Å². The van der Waals surface area contributed by atoms with Gasteiger partial charge in [-0.3, -0.25) is 4.98 Å². The van der Waals surface area contributed by atoms with Crippen LogP contribution in [0.5, 0.6) is 0 Å². The van der Waals surface area contributed by atoms with Gasteiger partial charge in [0.05, 0.1) is 11.6 Å². The van der Waals surface area contributed by atoms with Crippen molar-refractivity contribution in [3.8, 4) is 0 Å². The van der Waals surface area contributed by atoms with Gasteiger partial charge in [-0.05, 0) is 72.2 Å². The molecular weight excluding hydrogens is 332 g/mol. The summed E-state index contributed by atoms with van der Waals surface area (Å²) < 4.78 is 2.14. The lowest BCUT2D eigenvalue weighted by molar-refractivity contribution is 0.467. The number of benzene rings is 1. The van der Waals surface area contributed by atoms with Gasteiger partial charge in [-0.15, -0.1) is 5.10 Å². The Balaban J connectivity index is 1.44. The number of nitrogens with zero attached hydrogens (tertiary/aromatic N) is 4. The zero-order chi connectivity index (χ0) is 18.2. The predicted molar refractivity (Wildman–Crippen MR) is 109 cm³/mol. The summed E-state index contributed by atoms with van der Waals surface area (Å²) in [7, 11) is 0. The normalized spacial score (nSPS) is 17.5. The van der Waals surface area contributed by atoms with Crippen LogP contribution in [-0.2, 0) is 6.42 Å². The molecule has 0 radical (unpaired) electrons. The number of aromatic nitrogens is 4. The zero-order valence-corrected chi connectivity index (χ0v) is 15.7. The molecule has 3 aromatic rings.